The topological polar surface area (TPSA) is 72.5 Å². The van der Waals surface area contributed by atoms with E-state index < -0.39 is 16.8 Å². The average Bonchev–Trinajstić information content (AvgIpc) is 2.35. The SMILES string of the molecule is COc1ccc(F)cc1CSC(C)(C)[C@H](N)C(=O)O. The maximum Gasteiger partial charge on any atom is 0.321 e. The van der Waals surface area contributed by atoms with Crippen molar-refractivity contribution in [1.29, 1.82) is 0 Å². The molecular weight excluding hydrogens is 269 g/mol. The number of carbonyl (C=O) groups is 1. The van der Waals surface area contributed by atoms with Gasteiger partial charge < -0.3 is 15.6 Å². The van der Waals surface area contributed by atoms with Crippen molar-refractivity contribution < 1.29 is 19.0 Å². The van der Waals surface area contributed by atoms with Crippen LogP contribution >= 0.6 is 11.8 Å². The van der Waals surface area contributed by atoms with Gasteiger partial charge in [0.2, 0.25) is 0 Å². The summed E-state index contributed by atoms with van der Waals surface area (Å²) in [5.41, 5.74) is 6.31. The summed E-state index contributed by atoms with van der Waals surface area (Å²) in [6.07, 6.45) is 0. The summed E-state index contributed by atoms with van der Waals surface area (Å²) in [6.45, 7) is 3.50. The van der Waals surface area contributed by atoms with Gasteiger partial charge in [-0.25, -0.2) is 4.39 Å². The van der Waals surface area contributed by atoms with Gasteiger partial charge in [-0.2, -0.15) is 0 Å². The van der Waals surface area contributed by atoms with Gasteiger partial charge in [-0.1, -0.05) is 0 Å². The Hall–Kier alpha value is -1.27. The highest BCUT2D eigenvalue weighted by Gasteiger charge is 2.32. The first kappa shape index (κ1) is 15.8. The smallest absolute Gasteiger partial charge is 0.321 e. The minimum atomic E-state index is -1.05. The summed E-state index contributed by atoms with van der Waals surface area (Å²) in [6, 6.07) is 3.27. The van der Waals surface area contributed by atoms with Crippen molar-refractivity contribution in [2.45, 2.75) is 30.4 Å². The van der Waals surface area contributed by atoms with E-state index in [1.54, 1.807) is 19.9 Å². The van der Waals surface area contributed by atoms with E-state index in [9.17, 15) is 9.18 Å². The molecule has 106 valence electrons. The van der Waals surface area contributed by atoms with Crippen molar-refractivity contribution in [3.8, 4) is 5.75 Å². The van der Waals surface area contributed by atoms with E-state index in [1.807, 2.05) is 0 Å². The summed E-state index contributed by atoms with van der Waals surface area (Å²) in [5, 5.41) is 8.94. The quantitative estimate of drug-likeness (QED) is 0.839. The molecule has 0 heterocycles. The zero-order valence-electron chi connectivity index (χ0n) is 11.1. The lowest BCUT2D eigenvalue weighted by atomic mass is 10.1. The van der Waals surface area contributed by atoms with Gasteiger partial charge in [0.15, 0.2) is 0 Å². The molecule has 0 amide bonds. The molecule has 1 aromatic carbocycles. The third-order valence-electron chi connectivity index (χ3n) is 2.86. The molecule has 0 aliphatic carbocycles. The Morgan fingerprint density at radius 1 is 1.58 bits per heavy atom. The summed E-state index contributed by atoms with van der Waals surface area (Å²) < 4.78 is 17.7. The number of thioether (sulfide) groups is 1. The Morgan fingerprint density at radius 2 is 2.21 bits per heavy atom. The number of carboxylic acids is 1. The van der Waals surface area contributed by atoms with Crippen LogP contribution in [0, 0.1) is 5.82 Å². The molecule has 6 heteroatoms. The summed E-state index contributed by atoms with van der Waals surface area (Å²) >= 11 is 1.35. The number of hydrogen-bond donors (Lipinski definition) is 2. The molecule has 4 nitrogen and oxygen atoms in total. The van der Waals surface area contributed by atoms with Crippen LogP contribution in [-0.2, 0) is 10.5 Å². The number of halogens is 1. The van der Waals surface area contributed by atoms with Crippen molar-refractivity contribution in [2.24, 2.45) is 5.73 Å². The fourth-order valence-electron chi connectivity index (χ4n) is 1.51. The second kappa shape index (κ2) is 6.25. The van der Waals surface area contributed by atoms with Crippen LogP contribution in [0.25, 0.3) is 0 Å². The Bertz CT molecular complexity index is 465. The predicted molar refractivity (Wildman–Crippen MR) is 73.9 cm³/mol. The molecular formula is C13H18FNO3S. The number of benzene rings is 1. The highest BCUT2D eigenvalue weighted by atomic mass is 32.2. The molecule has 1 atom stereocenters. The summed E-state index contributed by atoms with van der Waals surface area (Å²) in [5.74, 6) is -0.399. The Kier molecular flexibility index (Phi) is 5.20. The number of hydrogen-bond acceptors (Lipinski definition) is 4. The van der Waals surface area contributed by atoms with Crippen LogP contribution in [0.15, 0.2) is 18.2 Å². The Balaban J connectivity index is 2.81. The van der Waals surface area contributed by atoms with Gasteiger partial charge in [0.1, 0.15) is 17.6 Å². The largest absolute Gasteiger partial charge is 0.496 e. The molecule has 0 saturated carbocycles. The van der Waals surface area contributed by atoms with Crippen molar-refractivity contribution >= 4 is 17.7 Å². The zero-order valence-corrected chi connectivity index (χ0v) is 12.0. The first-order valence-electron chi connectivity index (χ1n) is 5.72. The number of aliphatic carboxylic acids is 1. The monoisotopic (exact) mass is 287 g/mol. The zero-order chi connectivity index (χ0) is 14.6. The number of carboxylic acid groups (broad SMARTS) is 1. The van der Waals surface area contributed by atoms with E-state index in [2.05, 4.69) is 0 Å². The molecule has 19 heavy (non-hydrogen) atoms. The molecule has 0 saturated heterocycles. The lowest BCUT2D eigenvalue weighted by Gasteiger charge is -2.28. The highest BCUT2D eigenvalue weighted by molar-refractivity contribution is 7.99. The summed E-state index contributed by atoms with van der Waals surface area (Å²) in [7, 11) is 1.51. The fraction of sp³-hybridized carbons (Fsp3) is 0.462. The number of methoxy groups -OCH3 is 1. The van der Waals surface area contributed by atoms with Gasteiger partial charge in [0.05, 0.1) is 7.11 Å². The first-order valence-corrected chi connectivity index (χ1v) is 6.71. The van der Waals surface area contributed by atoms with Gasteiger partial charge in [-0.15, -0.1) is 11.8 Å². The molecule has 0 bridgehead atoms. The van der Waals surface area contributed by atoms with E-state index in [0.29, 0.717) is 17.1 Å². The van der Waals surface area contributed by atoms with Crippen LogP contribution in [0.4, 0.5) is 4.39 Å². The van der Waals surface area contributed by atoms with E-state index in [-0.39, 0.29) is 5.82 Å². The molecule has 0 aliphatic rings. The van der Waals surface area contributed by atoms with E-state index >= 15 is 0 Å². The van der Waals surface area contributed by atoms with Crippen molar-refractivity contribution in [2.75, 3.05) is 7.11 Å². The molecule has 1 aromatic rings. The van der Waals surface area contributed by atoms with Crippen LogP contribution in [0.3, 0.4) is 0 Å². The average molecular weight is 287 g/mol. The van der Waals surface area contributed by atoms with Gasteiger partial charge in [0.25, 0.3) is 0 Å². The predicted octanol–water partition coefficient (Wildman–Crippen LogP) is 2.26. The molecule has 3 N–H and O–H groups in total. The summed E-state index contributed by atoms with van der Waals surface area (Å²) in [4.78, 5) is 10.9. The van der Waals surface area contributed by atoms with E-state index in [1.165, 1.54) is 31.0 Å². The molecule has 0 aliphatic heterocycles. The maximum atomic E-state index is 13.2. The molecule has 0 aromatic heterocycles. The van der Waals surface area contributed by atoms with Crippen molar-refractivity contribution in [1.82, 2.24) is 0 Å². The second-order valence-electron chi connectivity index (χ2n) is 4.66. The van der Waals surface area contributed by atoms with E-state index in [0.717, 1.165) is 0 Å². The first-order chi connectivity index (χ1) is 8.77. The Labute approximate surface area is 116 Å². The maximum absolute atomic E-state index is 13.2. The third-order valence-corrected chi connectivity index (χ3v) is 4.31. The lowest BCUT2D eigenvalue weighted by Crippen LogP contribution is -2.46. The molecule has 0 radical (unpaired) electrons. The minimum absolute atomic E-state index is 0.350. The molecule has 0 fully saturated rings. The highest BCUT2D eigenvalue weighted by Crippen LogP contribution is 2.33. The van der Waals surface area contributed by atoms with Gasteiger partial charge >= 0.3 is 5.97 Å². The normalized spacial score (nSPS) is 13.1. The Morgan fingerprint density at radius 3 is 2.74 bits per heavy atom. The number of nitrogens with two attached hydrogens (primary N) is 1. The van der Waals surface area contributed by atoms with E-state index in [4.69, 9.17) is 15.6 Å². The molecule has 0 spiro atoms. The van der Waals surface area contributed by atoms with Gasteiger partial charge in [0, 0.05) is 16.1 Å². The third kappa shape index (κ3) is 4.11. The van der Waals surface area contributed by atoms with Crippen LogP contribution in [-0.4, -0.2) is 29.0 Å². The molecule has 1 rings (SSSR count). The van der Waals surface area contributed by atoms with Crippen LogP contribution in [0.2, 0.25) is 0 Å². The van der Waals surface area contributed by atoms with Crippen molar-refractivity contribution in [3.05, 3.63) is 29.6 Å². The van der Waals surface area contributed by atoms with Gasteiger partial charge in [-0.3, -0.25) is 4.79 Å². The minimum Gasteiger partial charge on any atom is -0.496 e. The van der Waals surface area contributed by atoms with Gasteiger partial charge in [-0.05, 0) is 32.0 Å². The van der Waals surface area contributed by atoms with Crippen LogP contribution in [0.5, 0.6) is 5.75 Å². The fourth-order valence-corrected chi connectivity index (χ4v) is 2.54. The molecule has 0 unspecified atom stereocenters. The second-order valence-corrected chi connectivity index (χ2v) is 6.29. The lowest BCUT2D eigenvalue weighted by molar-refractivity contribution is -0.139. The number of rotatable bonds is 6. The standard InChI is InChI=1S/C13H18FNO3S/c1-13(2,11(15)12(16)17)19-7-8-6-9(14)4-5-10(8)18-3/h4-6,11H,7,15H2,1-3H3,(H,16,17)/t11-/m1/s1. The number of ether oxygens (including phenoxy) is 1. The van der Waals surface area contributed by atoms with Crippen molar-refractivity contribution in [3.63, 3.8) is 0 Å². The van der Waals surface area contributed by atoms with Crippen LogP contribution in [0.1, 0.15) is 19.4 Å². The van der Waals surface area contributed by atoms with Crippen LogP contribution < -0.4 is 10.5 Å².